The maximum absolute atomic E-state index is 7.52. The zero-order chi connectivity index (χ0) is 7.68. The molecule has 0 aliphatic heterocycles. The van der Waals surface area contributed by atoms with E-state index < -0.39 is 0 Å². The fourth-order valence-corrected chi connectivity index (χ4v) is 0.953. The van der Waals surface area contributed by atoms with Crippen molar-refractivity contribution in [1.82, 2.24) is 4.98 Å². The van der Waals surface area contributed by atoms with Gasteiger partial charge in [0.2, 0.25) is 0 Å². The van der Waals surface area contributed by atoms with Crippen molar-refractivity contribution >= 4 is 10.9 Å². The van der Waals surface area contributed by atoms with Gasteiger partial charge >= 0.3 is 0 Å². The van der Waals surface area contributed by atoms with Gasteiger partial charge in [0.05, 0.1) is 6.89 Å². The fraction of sp³-hybridized carbons (Fsp3) is 0. The molecule has 2 aromatic rings. The zero-order valence-corrected chi connectivity index (χ0v) is 5.41. The van der Waals surface area contributed by atoms with Crippen molar-refractivity contribution in [1.29, 1.82) is 0 Å². The van der Waals surface area contributed by atoms with Crippen LogP contribution in [0.15, 0.2) is 42.6 Å². The standard InChI is InChI=1S/C9H7N/c1-2-6-9-8(4-1)5-3-7-10-9/h1-7H/i5T. The first-order valence-corrected chi connectivity index (χ1v) is 3.18. The molecule has 0 amide bonds. The Bertz CT molecular complexity index is 379. The first kappa shape index (κ1) is 4.45. The lowest BCUT2D eigenvalue weighted by Crippen LogP contribution is -1.73. The molecule has 0 spiro atoms. The number of rotatable bonds is 0. The third-order valence-corrected chi connectivity index (χ3v) is 1.43. The number of aromatic nitrogens is 1. The van der Waals surface area contributed by atoms with E-state index in [-0.39, 0.29) is 0 Å². The Morgan fingerprint density at radius 1 is 1.20 bits per heavy atom. The predicted octanol–water partition coefficient (Wildman–Crippen LogP) is 2.23. The van der Waals surface area contributed by atoms with Gasteiger partial charge in [0.25, 0.3) is 0 Å². The van der Waals surface area contributed by atoms with Gasteiger partial charge < -0.3 is 0 Å². The van der Waals surface area contributed by atoms with E-state index in [9.17, 15) is 0 Å². The molecule has 0 aliphatic carbocycles. The van der Waals surface area contributed by atoms with Crippen LogP contribution in [0.1, 0.15) is 1.37 Å². The highest BCUT2D eigenvalue weighted by molar-refractivity contribution is 5.77. The Balaban J connectivity index is 2.91. The van der Waals surface area contributed by atoms with E-state index in [1.807, 2.05) is 24.3 Å². The number of hydrogen-bond acceptors (Lipinski definition) is 1. The lowest BCUT2D eigenvalue weighted by atomic mass is 10.2. The Hall–Kier alpha value is -1.37. The third kappa shape index (κ3) is 0.760. The van der Waals surface area contributed by atoms with Crippen molar-refractivity contribution in [3.05, 3.63) is 42.6 Å². The molecule has 0 fully saturated rings. The van der Waals surface area contributed by atoms with Gasteiger partial charge in [-0.1, -0.05) is 24.2 Å². The summed E-state index contributed by atoms with van der Waals surface area (Å²) < 4.78 is 7.52. The van der Waals surface area contributed by atoms with E-state index >= 15 is 0 Å². The Labute approximate surface area is 60.7 Å². The summed E-state index contributed by atoms with van der Waals surface area (Å²) in [5.74, 6) is 0. The monoisotopic (exact) mass is 131 g/mol. The van der Waals surface area contributed by atoms with E-state index in [0.29, 0.717) is 6.04 Å². The Morgan fingerprint density at radius 3 is 3.00 bits per heavy atom. The number of pyridine rings is 1. The van der Waals surface area contributed by atoms with Gasteiger partial charge in [-0.05, 0) is 12.1 Å². The third-order valence-electron chi connectivity index (χ3n) is 1.43. The minimum atomic E-state index is 0.538. The summed E-state index contributed by atoms with van der Waals surface area (Å²) in [7, 11) is 0. The van der Waals surface area contributed by atoms with Crippen LogP contribution in [0, 0.1) is 0 Å². The van der Waals surface area contributed by atoms with Crippen LogP contribution in [0.4, 0.5) is 0 Å². The predicted molar refractivity (Wildman–Crippen MR) is 41.7 cm³/mol. The molecule has 1 aromatic heterocycles. The molecule has 0 bridgehead atoms. The first-order valence-electron chi connectivity index (χ1n) is 3.68. The van der Waals surface area contributed by atoms with E-state index in [0.717, 1.165) is 10.9 Å². The van der Waals surface area contributed by atoms with Crippen LogP contribution in [0.25, 0.3) is 10.9 Å². The molecule has 48 valence electrons. The second-order valence-electron chi connectivity index (χ2n) is 2.11. The molecular weight excluding hydrogens is 122 g/mol. The van der Waals surface area contributed by atoms with Gasteiger partial charge in [-0.25, -0.2) is 0 Å². The van der Waals surface area contributed by atoms with Crippen molar-refractivity contribution < 1.29 is 1.37 Å². The maximum atomic E-state index is 7.52. The SMILES string of the molecule is [3H]c1ccnc2ccccc12. The highest BCUT2D eigenvalue weighted by atomic mass is 14.6. The highest BCUT2D eigenvalue weighted by Crippen LogP contribution is 2.07. The fourth-order valence-electron chi connectivity index (χ4n) is 0.953. The molecule has 0 aliphatic rings. The Kier molecular flexibility index (Phi) is 0.935. The summed E-state index contributed by atoms with van der Waals surface area (Å²) in [6.45, 7) is 0. The van der Waals surface area contributed by atoms with E-state index in [1.165, 1.54) is 0 Å². The van der Waals surface area contributed by atoms with Crippen LogP contribution in [-0.2, 0) is 0 Å². The van der Waals surface area contributed by atoms with Crippen molar-refractivity contribution in [2.24, 2.45) is 0 Å². The van der Waals surface area contributed by atoms with Crippen LogP contribution in [0.3, 0.4) is 0 Å². The van der Waals surface area contributed by atoms with Gasteiger partial charge in [-0.2, -0.15) is 0 Å². The van der Waals surface area contributed by atoms with Gasteiger partial charge in [0, 0.05) is 11.6 Å². The summed E-state index contributed by atoms with van der Waals surface area (Å²) in [4.78, 5) is 4.12. The molecule has 2 rings (SSSR count). The molecule has 1 nitrogen and oxygen atoms in total. The molecule has 0 saturated carbocycles. The number of nitrogens with zero attached hydrogens (tertiary/aromatic N) is 1. The van der Waals surface area contributed by atoms with Crippen molar-refractivity contribution in [2.75, 3.05) is 0 Å². The molecule has 0 atom stereocenters. The molecule has 1 heterocycles. The summed E-state index contributed by atoms with van der Waals surface area (Å²) in [5.41, 5.74) is 0.889. The number of hydrogen-bond donors (Lipinski definition) is 0. The Morgan fingerprint density at radius 2 is 2.10 bits per heavy atom. The normalized spacial score (nSPS) is 11.4. The van der Waals surface area contributed by atoms with Crippen LogP contribution >= 0.6 is 0 Å². The molecule has 0 radical (unpaired) electrons. The van der Waals surface area contributed by atoms with Crippen LogP contribution < -0.4 is 0 Å². The molecule has 10 heavy (non-hydrogen) atoms. The second kappa shape index (κ2) is 2.10. The number of benzene rings is 1. The second-order valence-corrected chi connectivity index (χ2v) is 2.11. The van der Waals surface area contributed by atoms with Gasteiger partial charge in [0.1, 0.15) is 0 Å². The number of para-hydroxylation sites is 1. The zero-order valence-electron chi connectivity index (χ0n) is 6.41. The minimum Gasteiger partial charge on any atom is -0.256 e. The topological polar surface area (TPSA) is 12.9 Å². The summed E-state index contributed by atoms with van der Waals surface area (Å²) in [5, 5.41) is 0.912. The van der Waals surface area contributed by atoms with Crippen LogP contribution in [0.5, 0.6) is 0 Å². The molecule has 0 unspecified atom stereocenters. The minimum absolute atomic E-state index is 0.538. The average Bonchev–Trinajstić information content (AvgIpc) is 2.06. The summed E-state index contributed by atoms with van der Waals surface area (Å²) >= 11 is 0. The molecule has 1 aromatic carbocycles. The lowest BCUT2D eigenvalue weighted by Gasteiger charge is -1.91. The lowest BCUT2D eigenvalue weighted by molar-refractivity contribution is 1.41. The smallest absolute Gasteiger partial charge is 0.0701 e. The summed E-state index contributed by atoms with van der Waals surface area (Å²) in [6, 6.07) is 9.90. The molecule has 0 saturated heterocycles. The van der Waals surface area contributed by atoms with Crippen molar-refractivity contribution in [2.45, 2.75) is 0 Å². The van der Waals surface area contributed by atoms with Gasteiger partial charge in [-0.3, -0.25) is 4.98 Å². The van der Waals surface area contributed by atoms with E-state index in [4.69, 9.17) is 1.37 Å². The van der Waals surface area contributed by atoms with Crippen molar-refractivity contribution in [3.63, 3.8) is 0 Å². The van der Waals surface area contributed by atoms with Gasteiger partial charge in [-0.15, -0.1) is 0 Å². The van der Waals surface area contributed by atoms with Crippen molar-refractivity contribution in [3.8, 4) is 0 Å². The highest BCUT2D eigenvalue weighted by Gasteiger charge is 1.86. The van der Waals surface area contributed by atoms with Crippen LogP contribution in [0.2, 0.25) is 0 Å². The summed E-state index contributed by atoms with van der Waals surface area (Å²) in [6.07, 6.45) is 1.66. The number of fused-ring (bicyclic) bond motifs is 1. The van der Waals surface area contributed by atoms with Crippen LogP contribution in [-0.4, -0.2) is 4.98 Å². The first-order chi connectivity index (χ1) is 5.38. The quantitative estimate of drug-likeness (QED) is 0.534. The van der Waals surface area contributed by atoms with E-state index in [1.54, 1.807) is 12.3 Å². The molecule has 1 heteroatoms. The largest absolute Gasteiger partial charge is 0.256 e. The van der Waals surface area contributed by atoms with Gasteiger partial charge in [0.15, 0.2) is 0 Å². The van der Waals surface area contributed by atoms with E-state index in [2.05, 4.69) is 4.98 Å². The molecule has 0 N–H and O–H groups in total. The average molecular weight is 131 g/mol. The molecular formula is C9H7N. The maximum Gasteiger partial charge on any atom is 0.0701 e.